The van der Waals surface area contributed by atoms with Gasteiger partial charge >= 0.3 is 0 Å². The predicted octanol–water partition coefficient (Wildman–Crippen LogP) is 2.60. The number of guanidine groups is 1. The van der Waals surface area contributed by atoms with Crippen molar-refractivity contribution in [2.75, 3.05) is 39.3 Å². The van der Waals surface area contributed by atoms with Crippen LogP contribution in [0, 0.1) is 0 Å². The van der Waals surface area contributed by atoms with E-state index in [9.17, 15) is 0 Å². The molecule has 0 aromatic heterocycles. The van der Waals surface area contributed by atoms with Gasteiger partial charge < -0.3 is 15.5 Å². The van der Waals surface area contributed by atoms with Gasteiger partial charge in [0, 0.05) is 45.3 Å². The molecule has 3 rings (SSSR count). The van der Waals surface area contributed by atoms with E-state index >= 15 is 0 Å². The number of hydrogen-bond acceptors (Lipinski definition) is 3. The molecule has 1 fully saturated rings. The highest BCUT2D eigenvalue weighted by Gasteiger charge is 2.17. The molecule has 0 spiro atoms. The van der Waals surface area contributed by atoms with Crippen LogP contribution in [0.5, 0.6) is 0 Å². The van der Waals surface area contributed by atoms with Crippen LogP contribution in [-0.2, 0) is 13.1 Å². The van der Waals surface area contributed by atoms with Crippen LogP contribution in [0.15, 0.2) is 41.4 Å². The molecular weight excluding hydrogens is 334 g/mol. The summed E-state index contributed by atoms with van der Waals surface area (Å²) in [7, 11) is 0. The molecule has 27 heavy (non-hydrogen) atoms. The quantitative estimate of drug-likeness (QED) is 0.440. The van der Waals surface area contributed by atoms with Gasteiger partial charge in [-0.15, -0.1) is 0 Å². The number of rotatable bonds is 7. The van der Waals surface area contributed by atoms with Crippen molar-refractivity contribution in [2.24, 2.45) is 4.99 Å². The maximum Gasteiger partial charge on any atom is 0.191 e. The van der Waals surface area contributed by atoms with Gasteiger partial charge in [0.15, 0.2) is 5.96 Å². The van der Waals surface area contributed by atoms with Crippen LogP contribution in [0.1, 0.15) is 37.8 Å². The van der Waals surface area contributed by atoms with E-state index in [1.54, 1.807) is 0 Å². The second kappa shape index (κ2) is 10.5. The topological polar surface area (TPSA) is 42.9 Å². The second-order valence-corrected chi connectivity index (χ2v) is 7.46. The zero-order chi connectivity index (χ0) is 18.9. The van der Waals surface area contributed by atoms with Gasteiger partial charge in [-0.05, 0) is 37.4 Å². The third-order valence-electron chi connectivity index (χ3n) is 5.52. The van der Waals surface area contributed by atoms with Gasteiger partial charge in [0.1, 0.15) is 0 Å². The number of likely N-dealkylation sites (N-methyl/N-ethyl adjacent to an activating group) is 1. The lowest BCUT2D eigenvalue weighted by molar-refractivity contribution is 0.131. The van der Waals surface area contributed by atoms with E-state index in [0.717, 1.165) is 58.1 Å². The van der Waals surface area contributed by atoms with Crippen molar-refractivity contribution < 1.29 is 0 Å². The molecule has 5 heteroatoms. The summed E-state index contributed by atoms with van der Waals surface area (Å²) in [5.41, 5.74) is 2.74. The van der Waals surface area contributed by atoms with Gasteiger partial charge in [-0.1, -0.05) is 43.3 Å². The SMILES string of the molecule is CCNC(=NCc1ccccc1CN1CCN(CC)CC1)NC1CC=CC1. The Kier molecular flexibility index (Phi) is 7.72. The standard InChI is InChI=1S/C22H35N5/c1-3-23-22(25-21-11-7-8-12-21)24-17-19-9-5-6-10-20(19)18-27-15-13-26(4-2)14-16-27/h5-10,21H,3-4,11-18H2,1-2H3,(H2,23,24,25). The van der Waals surface area contributed by atoms with Crippen LogP contribution >= 0.6 is 0 Å². The average Bonchev–Trinajstić information content (AvgIpc) is 3.21. The Balaban J connectivity index is 1.60. The summed E-state index contributed by atoms with van der Waals surface area (Å²) >= 11 is 0. The maximum atomic E-state index is 4.87. The summed E-state index contributed by atoms with van der Waals surface area (Å²) < 4.78 is 0. The summed E-state index contributed by atoms with van der Waals surface area (Å²) in [6.45, 7) is 12.8. The van der Waals surface area contributed by atoms with Gasteiger partial charge in [-0.3, -0.25) is 4.90 Å². The summed E-state index contributed by atoms with van der Waals surface area (Å²) in [4.78, 5) is 9.96. The van der Waals surface area contributed by atoms with Crippen LogP contribution < -0.4 is 10.6 Å². The molecule has 0 amide bonds. The fraction of sp³-hybridized carbons (Fsp3) is 0.591. The fourth-order valence-corrected chi connectivity index (χ4v) is 3.78. The van der Waals surface area contributed by atoms with Crippen molar-refractivity contribution in [1.82, 2.24) is 20.4 Å². The van der Waals surface area contributed by atoms with E-state index in [-0.39, 0.29) is 0 Å². The van der Waals surface area contributed by atoms with Crippen LogP contribution in [0.2, 0.25) is 0 Å². The molecule has 1 aliphatic carbocycles. The van der Waals surface area contributed by atoms with E-state index in [4.69, 9.17) is 4.99 Å². The Morgan fingerprint density at radius 1 is 1.00 bits per heavy atom. The van der Waals surface area contributed by atoms with Gasteiger partial charge in [0.25, 0.3) is 0 Å². The van der Waals surface area contributed by atoms with E-state index in [1.807, 2.05) is 0 Å². The lowest BCUT2D eigenvalue weighted by Crippen LogP contribution is -2.45. The molecule has 0 saturated carbocycles. The zero-order valence-corrected chi connectivity index (χ0v) is 17.0. The van der Waals surface area contributed by atoms with Crippen molar-refractivity contribution in [3.05, 3.63) is 47.5 Å². The number of aliphatic imine (C=N–C) groups is 1. The first-order valence-electron chi connectivity index (χ1n) is 10.5. The Hall–Kier alpha value is -1.85. The maximum absolute atomic E-state index is 4.87. The smallest absolute Gasteiger partial charge is 0.191 e. The number of benzene rings is 1. The number of hydrogen-bond donors (Lipinski definition) is 2. The van der Waals surface area contributed by atoms with Crippen LogP contribution in [0.3, 0.4) is 0 Å². The Morgan fingerprint density at radius 2 is 1.67 bits per heavy atom. The van der Waals surface area contributed by atoms with Crippen LogP contribution in [0.4, 0.5) is 0 Å². The third kappa shape index (κ3) is 6.08. The van der Waals surface area contributed by atoms with Crippen molar-refractivity contribution in [3.8, 4) is 0 Å². The first-order valence-corrected chi connectivity index (χ1v) is 10.5. The summed E-state index contributed by atoms with van der Waals surface area (Å²) in [6.07, 6.45) is 6.67. The first-order chi connectivity index (χ1) is 13.3. The summed E-state index contributed by atoms with van der Waals surface area (Å²) in [6, 6.07) is 9.25. The highest BCUT2D eigenvalue weighted by atomic mass is 15.3. The van der Waals surface area contributed by atoms with E-state index < -0.39 is 0 Å². The average molecular weight is 370 g/mol. The van der Waals surface area contributed by atoms with E-state index in [0.29, 0.717) is 6.04 Å². The lowest BCUT2D eigenvalue weighted by atomic mass is 10.1. The normalized spacial score (nSPS) is 19.6. The molecule has 148 valence electrons. The van der Waals surface area contributed by atoms with Crippen molar-refractivity contribution in [1.29, 1.82) is 0 Å². The first kappa shape index (κ1) is 19.9. The molecule has 2 N–H and O–H groups in total. The van der Waals surface area contributed by atoms with E-state index in [1.165, 1.54) is 24.2 Å². The molecule has 1 aromatic carbocycles. The van der Waals surface area contributed by atoms with Crippen LogP contribution in [-0.4, -0.2) is 61.1 Å². The molecular formula is C22H35N5. The molecule has 0 bridgehead atoms. The van der Waals surface area contributed by atoms with Crippen LogP contribution in [0.25, 0.3) is 0 Å². The van der Waals surface area contributed by atoms with E-state index in [2.05, 4.69) is 70.7 Å². The number of nitrogens with one attached hydrogen (secondary N) is 2. The van der Waals surface area contributed by atoms with Crippen molar-refractivity contribution in [3.63, 3.8) is 0 Å². The molecule has 1 aromatic rings. The van der Waals surface area contributed by atoms with Crippen molar-refractivity contribution >= 4 is 5.96 Å². The number of piperazine rings is 1. The monoisotopic (exact) mass is 369 g/mol. The lowest BCUT2D eigenvalue weighted by Gasteiger charge is -2.34. The Labute approximate surface area is 164 Å². The molecule has 1 aliphatic heterocycles. The summed E-state index contributed by atoms with van der Waals surface area (Å²) in [5.74, 6) is 0.928. The molecule has 0 radical (unpaired) electrons. The highest BCUT2D eigenvalue weighted by Crippen LogP contribution is 2.15. The van der Waals surface area contributed by atoms with Gasteiger partial charge in [0.2, 0.25) is 0 Å². The van der Waals surface area contributed by atoms with Gasteiger partial charge in [0.05, 0.1) is 6.54 Å². The van der Waals surface area contributed by atoms with Gasteiger partial charge in [-0.25, -0.2) is 4.99 Å². The molecule has 2 aliphatic rings. The zero-order valence-electron chi connectivity index (χ0n) is 17.0. The largest absolute Gasteiger partial charge is 0.357 e. The second-order valence-electron chi connectivity index (χ2n) is 7.46. The van der Waals surface area contributed by atoms with Gasteiger partial charge in [-0.2, -0.15) is 0 Å². The fourth-order valence-electron chi connectivity index (χ4n) is 3.78. The molecule has 0 unspecified atom stereocenters. The number of nitrogens with zero attached hydrogens (tertiary/aromatic N) is 3. The molecule has 5 nitrogen and oxygen atoms in total. The predicted molar refractivity (Wildman–Crippen MR) is 114 cm³/mol. The minimum absolute atomic E-state index is 0.480. The highest BCUT2D eigenvalue weighted by molar-refractivity contribution is 5.80. The molecule has 1 heterocycles. The molecule has 1 saturated heterocycles. The molecule has 0 atom stereocenters. The minimum Gasteiger partial charge on any atom is -0.357 e. The summed E-state index contributed by atoms with van der Waals surface area (Å²) in [5, 5.41) is 6.95. The third-order valence-corrected chi connectivity index (χ3v) is 5.52. The van der Waals surface area contributed by atoms with Crippen molar-refractivity contribution in [2.45, 2.75) is 45.8 Å². The Morgan fingerprint density at radius 3 is 2.33 bits per heavy atom. The Bertz CT molecular complexity index is 623. The minimum atomic E-state index is 0.480.